The first-order valence-corrected chi connectivity index (χ1v) is 10.1. The van der Waals surface area contributed by atoms with Gasteiger partial charge in [-0.3, -0.25) is 9.69 Å². The number of carbonyl (C=O) groups is 1. The Balaban J connectivity index is 1.53. The molecule has 0 aromatic rings. The number of nitrogens with one attached hydrogen (secondary N) is 1. The Hall–Kier alpha value is -0.690. The Morgan fingerprint density at radius 1 is 1.08 bits per heavy atom. The highest BCUT2D eigenvalue weighted by atomic mass is 16.5. The SMILES string of the molecule is NC(C(=O)NCC1(CN2CCOCC2)CCCCC1)C1CCOCC1. The second-order valence-corrected chi connectivity index (χ2v) is 8.14. The Morgan fingerprint density at radius 2 is 1.72 bits per heavy atom. The maximum atomic E-state index is 12.6. The first-order chi connectivity index (χ1) is 12.2. The van der Waals surface area contributed by atoms with Gasteiger partial charge in [0.15, 0.2) is 0 Å². The van der Waals surface area contributed by atoms with Crippen molar-refractivity contribution >= 4 is 5.91 Å². The van der Waals surface area contributed by atoms with E-state index in [4.69, 9.17) is 15.2 Å². The van der Waals surface area contributed by atoms with Gasteiger partial charge in [-0.25, -0.2) is 0 Å². The molecule has 3 fully saturated rings. The Morgan fingerprint density at radius 3 is 2.40 bits per heavy atom. The first-order valence-electron chi connectivity index (χ1n) is 10.1. The molecule has 3 aliphatic rings. The lowest BCUT2D eigenvalue weighted by Gasteiger charge is -2.42. The molecule has 0 aromatic carbocycles. The quantitative estimate of drug-likeness (QED) is 0.749. The smallest absolute Gasteiger partial charge is 0.237 e. The van der Waals surface area contributed by atoms with Gasteiger partial charge in [0.25, 0.3) is 0 Å². The van der Waals surface area contributed by atoms with Crippen LogP contribution in [-0.4, -0.2) is 69.5 Å². The molecular formula is C19H35N3O3. The van der Waals surface area contributed by atoms with E-state index in [-0.39, 0.29) is 17.2 Å². The standard InChI is InChI=1S/C19H35N3O3/c20-17(16-4-10-24-11-5-16)18(23)21-14-19(6-2-1-3-7-19)15-22-8-12-25-13-9-22/h16-17H,1-15,20H2,(H,21,23). The van der Waals surface area contributed by atoms with Gasteiger partial charge in [0.05, 0.1) is 19.3 Å². The monoisotopic (exact) mass is 353 g/mol. The number of amides is 1. The van der Waals surface area contributed by atoms with Gasteiger partial charge in [-0.15, -0.1) is 0 Å². The topological polar surface area (TPSA) is 76.8 Å². The van der Waals surface area contributed by atoms with Crippen LogP contribution in [0, 0.1) is 11.3 Å². The fourth-order valence-electron chi connectivity index (χ4n) is 4.61. The summed E-state index contributed by atoms with van der Waals surface area (Å²) in [6.07, 6.45) is 8.06. The molecule has 1 unspecified atom stereocenters. The molecule has 1 atom stereocenters. The number of rotatable bonds is 6. The zero-order valence-corrected chi connectivity index (χ0v) is 15.5. The van der Waals surface area contributed by atoms with Gasteiger partial charge in [-0.1, -0.05) is 19.3 Å². The highest BCUT2D eigenvalue weighted by molar-refractivity contribution is 5.81. The van der Waals surface area contributed by atoms with Crippen LogP contribution in [0.3, 0.4) is 0 Å². The van der Waals surface area contributed by atoms with Crippen molar-refractivity contribution in [3.63, 3.8) is 0 Å². The van der Waals surface area contributed by atoms with Crippen LogP contribution in [0.4, 0.5) is 0 Å². The van der Waals surface area contributed by atoms with E-state index >= 15 is 0 Å². The Labute approximate surface area is 151 Å². The summed E-state index contributed by atoms with van der Waals surface area (Å²) in [5.74, 6) is 0.286. The molecule has 144 valence electrons. The predicted molar refractivity (Wildman–Crippen MR) is 97.3 cm³/mol. The van der Waals surface area contributed by atoms with E-state index in [1.165, 1.54) is 32.1 Å². The maximum absolute atomic E-state index is 12.6. The summed E-state index contributed by atoms with van der Waals surface area (Å²) in [4.78, 5) is 15.1. The number of hydrogen-bond acceptors (Lipinski definition) is 5. The lowest BCUT2D eigenvalue weighted by Crippen LogP contribution is -2.53. The fourth-order valence-corrected chi connectivity index (χ4v) is 4.61. The van der Waals surface area contributed by atoms with E-state index in [1.54, 1.807) is 0 Å². The van der Waals surface area contributed by atoms with Crippen molar-refractivity contribution in [1.29, 1.82) is 0 Å². The van der Waals surface area contributed by atoms with E-state index in [0.717, 1.165) is 65.4 Å². The minimum Gasteiger partial charge on any atom is -0.381 e. The number of nitrogens with two attached hydrogens (primary N) is 1. The third-order valence-corrected chi connectivity index (χ3v) is 6.29. The minimum absolute atomic E-state index is 0.0267. The van der Waals surface area contributed by atoms with Crippen LogP contribution < -0.4 is 11.1 Å². The predicted octanol–water partition coefficient (Wildman–Crippen LogP) is 1.14. The zero-order valence-electron chi connectivity index (χ0n) is 15.5. The van der Waals surface area contributed by atoms with E-state index in [2.05, 4.69) is 10.2 Å². The lowest BCUT2D eigenvalue weighted by atomic mass is 9.73. The molecule has 1 aliphatic carbocycles. The van der Waals surface area contributed by atoms with Crippen molar-refractivity contribution in [3.8, 4) is 0 Å². The number of hydrogen-bond donors (Lipinski definition) is 2. The Bertz CT molecular complexity index is 414. The van der Waals surface area contributed by atoms with Crippen LogP contribution in [-0.2, 0) is 14.3 Å². The van der Waals surface area contributed by atoms with Gasteiger partial charge in [0.2, 0.25) is 5.91 Å². The summed E-state index contributed by atoms with van der Waals surface area (Å²) >= 11 is 0. The number of ether oxygens (including phenoxy) is 2. The van der Waals surface area contributed by atoms with Crippen molar-refractivity contribution < 1.29 is 14.3 Å². The number of nitrogens with zero attached hydrogens (tertiary/aromatic N) is 1. The summed E-state index contributed by atoms with van der Waals surface area (Å²) in [5, 5.41) is 3.22. The molecule has 0 spiro atoms. The van der Waals surface area contributed by atoms with Crippen LogP contribution in [0.1, 0.15) is 44.9 Å². The molecule has 1 amide bonds. The highest BCUT2D eigenvalue weighted by Crippen LogP contribution is 2.37. The van der Waals surface area contributed by atoms with E-state index in [0.29, 0.717) is 0 Å². The van der Waals surface area contributed by atoms with Gasteiger partial charge >= 0.3 is 0 Å². The summed E-state index contributed by atoms with van der Waals surface area (Å²) < 4.78 is 10.9. The highest BCUT2D eigenvalue weighted by Gasteiger charge is 2.36. The number of carbonyl (C=O) groups excluding carboxylic acids is 1. The van der Waals surface area contributed by atoms with Crippen LogP contribution in [0.25, 0.3) is 0 Å². The molecule has 25 heavy (non-hydrogen) atoms. The fraction of sp³-hybridized carbons (Fsp3) is 0.947. The van der Waals surface area contributed by atoms with E-state index in [1.807, 2.05) is 0 Å². The molecule has 6 nitrogen and oxygen atoms in total. The maximum Gasteiger partial charge on any atom is 0.237 e. The van der Waals surface area contributed by atoms with Crippen molar-refractivity contribution in [2.45, 2.75) is 51.0 Å². The second kappa shape index (κ2) is 9.31. The summed E-state index contributed by atoms with van der Waals surface area (Å²) in [6.45, 7) is 6.98. The average molecular weight is 354 g/mol. The van der Waals surface area contributed by atoms with Crippen LogP contribution >= 0.6 is 0 Å². The molecule has 3 N–H and O–H groups in total. The van der Waals surface area contributed by atoms with Crippen LogP contribution in [0.15, 0.2) is 0 Å². The largest absolute Gasteiger partial charge is 0.381 e. The molecule has 0 bridgehead atoms. The van der Waals surface area contributed by atoms with Gasteiger partial charge in [0, 0.05) is 44.8 Å². The van der Waals surface area contributed by atoms with Gasteiger partial charge < -0.3 is 20.5 Å². The van der Waals surface area contributed by atoms with Crippen molar-refractivity contribution in [2.24, 2.45) is 17.1 Å². The molecule has 0 aromatic heterocycles. The molecule has 0 radical (unpaired) electrons. The Kier molecular flexibility index (Phi) is 7.10. The number of morpholine rings is 1. The average Bonchev–Trinajstić information content (AvgIpc) is 2.68. The molecule has 3 rings (SSSR count). The molecular weight excluding hydrogens is 318 g/mol. The molecule has 2 heterocycles. The van der Waals surface area contributed by atoms with E-state index < -0.39 is 6.04 Å². The van der Waals surface area contributed by atoms with Crippen LogP contribution in [0.5, 0.6) is 0 Å². The second-order valence-electron chi connectivity index (χ2n) is 8.14. The molecule has 6 heteroatoms. The van der Waals surface area contributed by atoms with Crippen molar-refractivity contribution in [2.75, 3.05) is 52.6 Å². The lowest BCUT2D eigenvalue weighted by molar-refractivity contribution is -0.125. The van der Waals surface area contributed by atoms with Crippen LogP contribution in [0.2, 0.25) is 0 Å². The molecule has 1 saturated carbocycles. The molecule has 2 aliphatic heterocycles. The summed E-state index contributed by atoms with van der Waals surface area (Å²) in [6, 6.07) is -0.395. The summed E-state index contributed by atoms with van der Waals surface area (Å²) in [7, 11) is 0. The third-order valence-electron chi connectivity index (χ3n) is 6.29. The normalized spacial score (nSPS) is 26.9. The van der Waals surface area contributed by atoms with Crippen molar-refractivity contribution in [1.82, 2.24) is 10.2 Å². The van der Waals surface area contributed by atoms with Gasteiger partial charge in [0.1, 0.15) is 0 Å². The van der Waals surface area contributed by atoms with E-state index in [9.17, 15) is 4.79 Å². The minimum atomic E-state index is -0.395. The third kappa shape index (κ3) is 5.39. The van der Waals surface area contributed by atoms with Gasteiger partial charge in [-0.2, -0.15) is 0 Å². The first kappa shape index (κ1) is 19.1. The van der Waals surface area contributed by atoms with Gasteiger partial charge in [-0.05, 0) is 31.6 Å². The van der Waals surface area contributed by atoms with Crippen molar-refractivity contribution in [3.05, 3.63) is 0 Å². The molecule has 2 saturated heterocycles. The summed E-state index contributed by atoms with van der Waals surface area (Å²) in [5.41, 5.74) is 6.45. The zero-order chi connectivity index (χ0) is 17.5.